The van der Waals surface area contributed by atoms with E-state index in [0.29, 0.717) is 44.0 Å². The number of rotatable bonds is 7. The van der Waals surface area contributed by atoms with Gasteiger partial charge in [-0.1, -0.05) is 60.7 Å². The van der Waals surface area contributed by atoms with Crippen molar-refractivity contribution in [3.8, 4) is 22.6 Å². The highest BCUT2D eigenvalue weighted by molar-refractivity contribution is 5.79. The van der Waals surface area contributed by atoms with Gasteiger partial charge in [0.15, 0.2) is 11.5 Å². The van der Waals surface area contributed by atoms with Crippen molar-refractivity contribution < 1.29 is 24.1 Å². The van der Waals surface area contributed by atoms with Crippen LogP contribution in [0.2, 0.25) is 0 Å². The van der Waals surface area contributed by atoms with Crippen LogP contribution < -0.4 is 9.47 Å². The molecule has 192 valence electrons. The molecule has 1 N–H and O–H groups in total. The van der Waals surface area contributed by atoms with E-state index in [-0.39, 0.29) is 24.1 Å². The Morgan fingerprint density at radius 3 is 2.08 bits per heavy atom. The maximum atomic E-state index is 13.3. The molecule has 6 rings (SSSR count). The normalized spacial score (nSPS) is 23.9. The Balaban J connectivity index is 1.08. The van der Waals surface area contributed by atoms with E-state index in [1.165, 1.54) is 22.3 Å². The minimum absolute atomic E-state index is 0.00865. The lowest BCUT2D eigenvalue weighted by Gasteiger charge is -2.43. The molecule has 2 unspecified atom stereocenters. The zero-order chi connectivity index (χ0) is 25.4. The van der Waals surface area contributed by atoms with Gasteiger partial charge in [0, 0.05) is 24.4 Å². The Morgan fingerprint density at radius 2 is 1.46 bits per heavy atom. The number of benzene rings is 3. The molecule has 3 aromatic carbocycles. The average Bonchev–Trinajstić information content (AvgIpc) is 3.39. The second kappa shape index (κ2) is 9.75. The van der Waals surface area contributed by atoms with Crippen LogP contribution in [-0.4, -0.2) is 54.1 Å². The van der Waals surface area contributed by atoms with E-state index >= 15 is 0 Å². The van der Waals surface area contributed by atoms with Crippen LogP contribution in [0.5, 0.6) is 11.5 Å². The lowest BCUT2D eigenvalue weighted by molar-refractivity contribution is -0.0593. The fourth-order valence-electron chi connectivity index (χ4n) is 6.58. The third kappa shape index (κ3) is 4.44. The van der Waals surface area contributed by atoms with Crippen molar-refractivity contribution >= 4 is 6.09 Å². The summed E-state index contributed by atoms with van der Waals surface area (Å²) in [5, 5.41) is 11.4. The minimum atomic E-state index is -0.853. The highest BCUT2D eigenvalue weighted by Gasteiger charge is 2.50. The fraction of sp³-hybridized carbons (Fsp3) is 0.387. The maximum Gasteiger partial charge on any atom is 0.410 e. The molecule has 2 atom stereocenters. The molecule has 2 fully saturated rings. The zero-order valence-electron chi connectivity index (χ0n) is 21.1. The van der Waals surface area contributed by atoms with Gasteiger partial charge in [0.25, 0.3) is 0 Å². The number of amides is 1. The molecular weight excluding hydrogens is 466 g/mol. The molecule has 0 aromatic heterocycles. The molecule has 2 bridgehead atoms. The lowest BCUT2D eigenvalue weighted by Crippen LogP contribution is -2.53. The summed E-state index contributed by atoms with van der Waals surface area (Å²) in [6, 6.07) is 24.2. The van der Waals surface area contributed by atoms with Crippen LogP contribution in [0.1, 0.15) is 49.1 Å². The van der Waals surface area contributed by atoms with Gasteiger partial charge in [-0.25, -0.2) is 4.79 Å². The zero-order valence-corrected chi connectivity index (χ0v) is 21.1. The standard InChI is InChI=1S/C31H33NO5/c1-35-28-12-6-7-13-29(28)36-17-16-31(34)18-21-14-15-22(19-31)32(21)30(33)37-20-27-25-10-4-2-8-23(25)24-9-3-5-11-26(24)27/h2-13,21-22,27,34H,14-20H2,1H3. The Kier molecular flexibility index (Phi) is 6.29. The van der Waals surface area contributed by atoms with Gasteiger partial charge in [0.05, 0.1) is 19.3 Å². The van der Waals surface area contributed by atoms with Crippen LogP contribution in [0, 0.1) is 0 Å². The van der Waals surface area contributed by atoms with Crippen molar-refractivity contribution in [2.45, 2.75) is 55.7 Å². The fourth-order valence-corrected chi connectivity index (χ4v) is 6.58. The molecule has 1 aliphatic carbocycles. The van der Waals surface area contributed by atoms with E-state index in [4.69, 9.17) is 14.2 Å². The van der Waals surface area contributed by atoms with E-state index in [1.54, 1.807) is 7.11 Å². The summed E-state index contributed by atoms with van der Waals surface area (Å²) in [6.45, 7) is 0.709. The molecule has 0 spiro atoms. The summed E-state index contributed by atoms with van der Waals surface area (Å²) < 4.78 is 17.2. The van der Waals surface area contributed by atoms with Gasteiger partial charge in [-0.2, -0.15) is 0 Å². The molecule has 3 aliphatic rings. The van der Waals surface area contributed by atoms with Crippen LogP contribution in [0.15, 0.2) is 72.8 Å². The third-order valence-electron chi connectivity index (χ3n) is 8.29. The van der Waals surface area contributed by atoms with E-state index < -0.39 is 5.60 Å². The molecule has 2 saturated heterocycles. The summed E-state index contributed by atoms with van der Waals surface area (Å²) >= 11 is 0. The molecule has 6 heteroatoms. The Morgan fingerprint density at radius 1 is 0.892 bits per heavy atom. The molecule has 0 saturated carbocycles. The third-order valence-corrected chi connectivity index (χ3v) is 8.29. The van der Waals surface area contributed by atoms with Gasteiger partial charge in [-0.3, -0.25) is 0 Å². The molecule has 3 aromatic rings. The highest BCUT2D eigenvalue weighted by atomic mass is 16.6. The number of carbonyl (C=O) groups is 1. The lowest BCUT2D eigenvalue weighted by atomic mass is 9.84. The first-order valence-electron chi connectivity index (χ1n) is 13.2. The maximum absolute atomic E-state index is 13.3. The number of carbonyl (C=O) groups excluding carboxylic acids is 1. The minimum Gasteiger partial charge on any atom is -0.493 e. The van der Waals surface area contributed by atoms with E-state index in [0.717, 1.165) is 12.8 Å². The predicted octanol–water partition coefficient (Wildman–Crippen LogP) is 5.77. The Hall–Kier alpha value is -3.51. The van der Waals surface area contributed by atoms with Crippen molar-refractivity contribution in [1.82, 2.24) is 4.90 Å². The van der Waals surface area contributed by atoms with Crippen LogP contribution in [-0.2, 0) is 4.74 Å². The van der Waals surface area contributed by atoms with E-state index in [1.807, 2.05) is 41.3 Å². The summed E-state index contributed by atoms with van der Waals surface area (Å²) in [4.78, 5) is 15.2. The second-order valence-corrected chi connectivity index (χ2v) is 10.5. The largest absolute Gasteiger partial charge is 0.493 e. The summed E-state index contributed by atoms with van der Waals surface area (Å²) in [5.41, 5.74) is 4.01. The Bertz CT molecular complexity index is 1230. The van der Waals surface area contributed by atoms with Crippen molar-refractivity contribution in [3.63, 3.8) is 0 Å². The monoisotopic (exact) mass is 499 g/mol. The molecule has 6 nitrogen and oxygen atoms in total. The van der Waals surface area contributed by atoms with Crippen LogP contribution >= 0.6 is 0 Å². The summed E-state index contributed by atoms with van der Waals surface area (Å²) in [6.07, 6.45) is 3.12. The van der Waals surface area contributed by atoms with Gasteiger partial charge in [0.1, 0.15) is 6.61 Å². The van der Waals surface area contributed by atoms with Gasteiger partial charge < -0.3 is 24.2 Å². The number of hydrogen-bond acceptors (Lipinski definition) is 5. The number of aliphatic hydroxyl groups is 1. The summed E-state index contributed by atoms with van der Waals surface area (Å²) in [5.74, 6) is 1.40. The van der Waals surface area contributed by atoms with E-state index in [2.05, 4.69) is 36.4 Å². The van der Waals surface area contributed by atoms with Crippen molar-refractivity contribution in [1.29, 1.82) is 0 Å². The Labute approximate surface area is 217 Å². The molecule has 2 heterocycles. The number of hydrogen-bond donors (Lipinski definition) is 1. The van der Waals surface area contributed by atoms with Gasteiger partial charge in [0.2, 0.25) is 0 Å². The predicted molar refractivity (Wildman–Crippen MR) is 141 cm³/mol. The van der Waals surface area contributed by atoms with Gasteiger partial charge in [-0.05, 0) is 60.1 Å². The molecule has 0 radical (unpaired) electrons. The topological polar surface area (TPSA) is 68.2 Å². The molecule has 37 heavy (non-hydrogen) atoms. The second-order valence-electron chi connectivity index (χ2n) is 10.5. The van der Waals surface area contributed by atoms with Gasteiger partial charge >= 0.3 is 6.09 Å². The number of piperidine rings is 1. The number of para-hydroxylation sites is 2. The van der Waals surface area contributed by atoms with Crippen LogP contribution in [0.25, 0.3) is 11.1 Å². The van der Waals surface area contributed by atoms with Crippen LogP contribution in [0.3, 0.4) is 0 Å². The summed E-state index contributed by atoms with van der Waals surface area (Å²) in [7, 11) is 1.62. The van der Waals surface area contributed by atoms with Crippen LogP contribution in [0.4, 0.5) is 4.79 Å². The first-order valence-corrected chi connectivity index (χ1v) is 13.2. The number of ether oxygens (including phenoxy) is 3. The SMILES string of the molecule is COc1ccccc1OCCC1(O)CC2CCC(C1)N2C(=O)OCC1c2ccccc2-c2ccccc21. The molecule has 2 aliphatic heterocycles. The van der Waals surface area contributed by atoms with Crippen molar-refractivity contribution in [2.75, 3.05) is 20.3 Å². The number of methoxy groups -OCH3 is 1. The van der Waals surface area contributed by atoms with Gasteiger partial charge in [-0.15, -0.1) is 0 Å². The smallest absolute Gasteiger partial charge is 0.410 e. The number of fused-ring (bicyclic) bond motifs is 5. The molecular formula is C31H33NO5. The molecule has 1 amide bonds. The van der Waals surface area contributed by atoms with Crippen molar-refractivity contribution in [3.05, 3.63) is 83.9 Å². The van der Waals surface area contributed by atoms with Crippen molar-refractivity contribution in [2.24, 2.45) is 0 Å². The number of nitrogens with zero attached hydrogens (tertiary/aromatic N) is 1. The first kappa shape index (κ1) is 23.9. The average molecular weight is 500 g/mol. The quantitative estimate of drug-likeness (QED) is 0.447. The highest BCUT2D eigenvalue weighted by Crippen LogP contribution is 2.46. The van der Waals surface area contributed by atoms with E-state index in [9.17, 15) is 9.90 Å². The first-order chi connectivity index (χ1) is 18.1.